The van der Waals surface area contributed by atoms with Crippen molar-refractivity contribution in [2.24, 2.45) is 0 Å². The molecule has 1 aromatic carbocycles. The third-order valence-corrected chi connectivity index (χ3v) is 4.67. The molecule has 2 aromatic rings. The molecule has 0 N–H and O–H groups in total. The number of fused-ring (bicyclic) bond motifs is 1. The minimum atomic E-state index is -0.246. The van der Waals surface area contributed by atoms with Gasteiger partial charge in [0.25, 0.3) is 5.91 Å². The summed E-state index contributed by atoms with van der Waals surface area (Å²) in [6.07, 6.45) is 4.36. The Morgan fingerprint density at radius 1 is 1.21 bits per heavy atom. The lowest BCUT2D eigenvalue weighted by molar-refractivity contribution is -0.134. The first-order valence-corrected chi connectivity index (χ1v) is 9.59. The summed E-state index contributed by atoms with van der Waals surface area (Å²) in [6, 6.07) is 9.71. The zero-order chi connectivity index (χ0) is 20.1. The second-order valence-electron chi connectivity index (χ2n) is 8.05. The molecule has 1 aliphatic heterocycles. The van der Waals surface area contributed by atoms with Crippen LogP contribution in [0.2, 0.25) is 0 Å². The molecule has 2 heterocycles. The molecule has 0 unspecified atom stereocenters. The highest BCUT2D eigenvalue weighted by molar-refractivity contribution is 5.78. The molecule has 1 amide bonds. The SMILES string of the molecule is CN(C)CCN(Cc1cccnc1)C(=O)COc1cccc2c1OC(C)(C)C2. The van der Waals surface area contributed by atoms with Crippen molar-refractivity contribution in [3.8, 4) is 11.5 Å². The number of hydrogen-bond donors (Lipinski definition) is 0. The number of rotatable bonds is 8. The first-order chi connectivity index (χ1) is 13.3. The van der Waals surface area contributed by atoms with Gasteiger partial charge >= 0.3 is 0 Å². The van der Waals surface area contributed by atoms with Gasteiger partial charge in [-0.1, -0.05) is 18.2 Å². The molecule has 0 saturated heterocycles. The summed E-state index contributed by atoms with van der Waals surface area (Å²) in [7, 11) is 3.99. The predicted molar refractivity (Wildman–Crippen MR) is 109 cm³/mol. The van der Waals surface area contributed by atoms with Crippen LogP contribution in [-0.4, -0.2) is 60.1 Å². The normalized spacial score (nSPS) is 14.5. The molecule has 0 aliphatic carbocycles. The number of hydrogen-bond acceptors (Lipinski definition) is 5. The lowest BCUT2D eigenvalue weighted by Gasteiger charge is -2.25. The second kappa shape index (κ2) is 8.61. The van der Waals surface area contributed by atoms with Gasteiger partial charge in [0, 0.05) is 44.0 Å². The van der Waals surface area contributed by atoms with Crippen LogP contribution < -0.4 is 9.47 Å². The van der Waals surface area contributed by atoms with E-state index in [9.17, 15) is 4.79 Å². The molecule has 0 spiro atoms. The fraction of sp³-hybridized carbons (Fsp3) is 0.455. The number of ether oxygens (including phenoxy) is 2. The summed E-state index contributed by atoms with van der Waals surface area (Å²) in [4.78, 5) is 20.9. The number of benzene rings is 1. The van der Waals surface area contributed by atoms with Crippen molar-refractivity contribution in [2.45, 2.75) is 32.4 Å². The van der Waals surface area contributed by atoms with Crippen molar-refractivity contribution < 1.29 is 14.3 Å². The lowest BCUT2D eigenvalue weighted by Crippen LogP contribution is -2.39. The molecule has 0 atom stereocenters. The Balaban J connectivity index is 1.66. The van der Waals surface area contributed by atoms with Gasteiger partial charge in [0.2, 0.25) is 0 Å². The van der Waals surface area contributed by atoms with Crippen LogP contribution in [0, 0.1) is 0 Å². The lowest BCUT2D eigenvalue weighted by atomic mass is 10.0. The van der Waals surface area contributed by atoms with Gasteiger partial charge in [0.15, 0.2) is 18.1 Å². The zero-order valence-corrected chi connectivity index (χ0v) is 17.1. The van der Waals surface area contributed by atoms with Crippen LogP contribution in [0.25, 0.3) is 0 Å². The van der Waals surface area contributed by atoms with Crippen LogP contribution in [0.3, 0.4) is 0 Å². The van der Waals surface area contributed by atoms with E-state index in [-0.39, 0.29) is 18.1 Å². The number of aromatic nitrogens is 1. The summed E-state index contributed by atoms with van der Waals surface area (Å²) >= 11 is 0. The number of carbonyl (C=O) groups is 1. The molecular weight excluding hydrogens is 354 g/mol. The molecule has 0 fully saturated rings. The Labute approximate surface area is 167 Å². The van der Waals surface area contributed by atoms with Gasteiger partial charge in [-0.2, -0.15) is 0 Å². The fourth-order valence-corrected chi connectivity index (χ4v) is 3.26. The van der Waals surface area contributed by atoms with Crippen LogP contribution >= 0.6 is 0 Å². The summed E-state index contributed by atoms with van der Waals surface area (Å²) < 4.78 is 11.9. The Hall–Kier alpha value is -2.60. The zero-order valence-electron chi connectivity index (χ0n) is 17.1. The minimum Gasteiger partial charge on any atom is -0.483 e. The fourth-order valence-electron chi connectivity index (χ4n) is 3.26. The van der Waals surface area contributed by atoms with E-state index in [1.54, 1.807) is 12.4 Å². The van der Waals surface area contributed by atoms with Gasteiger partial charge in [-0.05, 0) is 45.6 Å². The van der Waals surface area contributed by atoms with Crippen LogP contribution in [0.4, 0.5) is 0 Å². The van der Waals surface area contributed by atoms with Gasteiger partial charge in [-0.3, -0.25) is 9.78 Å². The maximum Gasteiger partial charge on any atom is 0.260 e. The minimum absolute atomic E-state index is 0.0199. The molecule has 1 aromatic heterocycles. The number of carbonyl (C=O) groups excluding carboxylic acids is 1. The largest absolute Gasteiger partial charge is 0.483 e. The standard InChI is InChI=1S/C22H29N3O3/c1-22(2)13-18-8-5-9-19(21(18)28-22)27-16-20(26)25(12-11-24(3)4)15-17-7-6-10-23-14-17/h5-10,14H,11-13,15-16H2,1-4H3. The Kier molecular flexibility index (Phi) is 6.19. The molecule has 28 heavy (non-hydrogen) atoms. The number of likely N-dealkylation sites (N-methyl/N-ethyl adjacent to an activating group) is 1. The van der Waals surface area contributed by atoms with E-state index >= 15 is 0 Å². The van der Waals surface area contributed by atoms with Crippen molar-refractivity contribution in [3.05, 3.63) is 53.9 Å². The van der Waals surface area contributed by atoms with E-state index in [2.05, 4.69) is 23.7 Å². The maximum absolute atomic E-state index is 12.9. The summed E-state index contributed by atoms with van der Waals surface area (Å²) in [5.74, 6) is 1.33. The predicted octanol–water partition coefficient (Wildman–Crippen LogP) is 2.76. The molecule has 0 saturated carbocycles. The number of pyridine rings is 1. The van der Waals surface area contributed by atoms with Crippen LogP contribution in [-0.2, 0) is 17.8 Å². The highest BCUT2D eigenvalue weighted by Crippen LogP contribution is 2.41. The summed E-state index contributed by atoms with van der Waals surface area (Å²) in [5, 5.41) is 0. The van der Waals surface area contributed by atoms with E-state index < -0.39 is 0 Å². The van der Waals surface area contributed by atoms with E-state index in [0.717, 1.165) is 29.8 Å². The van der Waals surface area contributed by atoms with Gasteiger partial charge in [-0.25, -0.2) is 0 Å². The van der Waals surface area contributed by atoms with E-state index in [0.29, 0.717) is 18.8 Å². The molecule has 0 bridgehead atoms. The van der Waals surface area contributed by atoms with Crippen molar-refractivity contribution >= 4 is 5.91 Å². The van der Waals surface area contributed by atoms with Crippen molar-refractivity contribution in [2.75, 3.05) is 33.8 Å². The third kappa shape index (κ3) is 5.23. The Morgan fingerprint density at radius 2 is 2.04 bits per heavy atom. The highest BCUT2D eigenvalue weighted by Gasteiger charge is 2.32. The number of para-hydroxylation sites is 1. The third-order valence-electron chi connectivity index (χ3n) is 4.67. The highest BCUT2D eigenvalue weighted by atomic mass is 16.5. The van der Waals surface area contributed by atoms with Crippen LogP contribution in [0.1, 0.15) is 25.0 Å². The van der Waals surface area contributed by atoms with Crippen LogP contribution in [0.5, 0.6) is 11.5 Å². The van der Waals surface area contributed by atoms with Gasteiger partial charge in [-0.15, -0.1) is 0 Å². The average Bonchev–Trinajstić information content (AvgIpc) is 2.98. The topological polar surface area (TPSA) is 54.9 Å². The first-order valence-electron chi connectivity index (χ1n) is 9.59. The number of nitrogens with zero attached hydrogens (tertiary/aromatic N) is 3. The molecule has 0 radical (unpaired) electrons. The average molecular weight is 383 g/mol. The van der Waals surface area contributed by atoms with E-state index in [1.165, 1.54) is 0 Å². The monoisotopic (exact) mass is 383 g/mol. The maximum atomic E-state index is 12.9. The smallest absolute Gasteiger partial charge is 0.260 e. The molecule has 150 valence electrons. The van der Waals surface area contributed by atoms with Crippen LogP contribution in [0.15, 0.2) is 42.7 Å². The van der Waals surface area contributed by atoms with Gasteiger partial charge in [0.1, 0.15) is 5.60 Å². The van der Waals surface area contributed by atoms with Crippen molar-refractivity contribution in [3.63, 3.8) is 0 Å². The Bertz CT molecular complexity index is 806. The Morgan fingerprint density at radius 3 is 2.75 bits per heavy atom. The van der Waals surface area contributed by atoms with Crippen molar-refractivity contribution in [1.82, 2.24) is 14.8 Å². The van der Waals surface area contributed by atoms with Gasteiger partial charge < -0.3 is 19.3 Å². The summed E-state index contributed by atoms with van der Waals surface area (Å²) in [6.45, 7) is 6.01. The van der Waals surface area contributed by atoms with Crippen molar-refractivity contribution in [1.29, 1.82) is 0 Å². The van der Waals surface area contributed by atoms with E-state index in [1.807, 2.05) is 49.3 Å². The first kappa shape index (κ1) is 20.1. The quantitative estimate of drug-likeness (QED) is 0.702. The summed E-state index contributed by atoms with van der Waals surface area (Å²) in [5.41, 5.74) is 1.87. The molecular formula is C22H29N3O3. The molecule has 3 rings (SSSR count). The molecule has 6 heteroatoms. The number of amides is 1. The molecule has 1 aliphatic rings. The second-order valence-corrected chi connectivity index (χ2v) is 8.05. The van der Waals surface area contributed by atoms with Gasteiger partial charge in [0.05, 0.1) is 0 Å². The van der Waals surface area contributed by atoms with E-state index in [4.69, 9.17) is 9.47 Å². The molecule has 6 nitrogen and oxygen atoms in total.